The van der Waals surface area contributed by atoms with Crippen LogP contribution in [0.15, 0.2) is 0 Å². The molecule has 2 saturated heterocycles. The summed E-state index contributed by atoms with van der Waals surface area (Å²) in [5.41, 5.74) is 5.57. The minimum atomic E-state index is -0.212. The van der Waals surface area contributed by atoms with Crippen molar-refractivity contribution in [3.63, 3.8) is 0 Å². The lowest BCUT2D eigenvalue weighted by atomic mass is 10.1. The standard InChI is InChI=1S/C16H30N4O3/c1-13(16(22)20-5-3-4-6-20)18-7-9-19(10-8-18)15(21)11-14(12-17)23-2/h13-14H,3-12,17H2,1-2H3. The number of carbonyl (C=O) groups excluding carboxylic acids is 2. The highest BCUT2D eigenvalue weighted by molar-refractivity contribution is 5.82. The molecule has 0 aromatic heterocycles. The van der Waals surface area contributed by atoms with Gasteiger partial charge in [-0.2, -0.15) is 0 Å². The van der Waals surface area contributed by atoms with E-state index in [-0.39, 0.29) is 24.0 Å². The number of nitrogens with two attached hydrogens (primary N) is 1. The van der Waals surface area contributed by atoms with Crippen LogP contribution < -0.4 is 5.73 Å². The third-order valence-corrected chi connectivity index (χ3v) is 4.99. The lowest BCUT2D eigenvalue weighted by Crippen LogP contribution is -2.55. The van der Waals surface area contributed by atoms with Crippen molar-refractivity contribution in [1.82, 2.24) is 14.7 Å². The van der Waals surface area contributed by atoms with Crippen molar-refractivity contribution in [3.8, 4) is 0 Å². The number of rotatable bonds is 6. The van der Waals surface area contributed by atoms with Crippen LogP contribution in [-0.4, -0.2) is 91.6 Å². The van der Waals surface area contributed by atoms with Crippen LogP contribution in [0.25, 0.3) is 0 Å². The minimum absolute atomic E-state index is 0.0838. The van der Waals surface area contributed by atoms with Crippen LogP contribution in [0, 0.1) is 0 Å². The van der Waals surface area contributed by atoms with Crippen molar-refractivity contribution < 1.29 is 14.3 Å². The van der Waals surface area contributed by atoms with E-state index in [1.807, 2.05) is 16.7 Å². The summed E-state index contributed by atoms with van der Waals surface area (Å²) in [7, 11) is 1.58. The molecule has 2 amide bonds. The van der Waals surface area contributed by atoms with Crippen LogP contribution in [0.3, 0.4) is 0 Å². The SMILES string of the molecule is COC(CN)CC(=O)N1CCN(C(C)C(=O)N2CCCC2)CC1. The van der Waals surface area contributed by atoms with Gasteiger partial charge >= 0.3 is 0 Å². The van der Waals surface area contributed by atoms with Gasteiger partial charge in [-0.25, -0.2) is 0 Å². The zero-order valence-electron chi connectivity index (χ0n) is 14.4. The van der Waals surface area contributed by atoms with E-state index in [0.717, 1.165) is 39.0 Å². The average Bonchev–Trinajstić information content (AvgIpc) is 3.12. The van der Waals surface area contributed by atoms with Gasteiger partial charge in [0.1, 0.15) is 0 Å². The van der Waals surface area contributed by atoms with Crippen molar-refractivity contribution in [3.05, 3.63) is 0 Å². The summed E-state index contributed by atoms with van der Waals surface area (Å²) in [4.78, 5) is 30.7. The number of amides is 2. The molecule has 2 heterocycles. The molecule has 7 heteroatoms. The van der Waals surface area contributed by atoms with Crippen molar-refractivity contribution in [1.29, 1.82) is 0 Å². The summed E-state index contributed by atoms with van der Waals surface area (Å²) in [6.07, 6.45) is 2.34. The Morgan fingerprint density at radius 2 is 1.65 bits per heavy atom. The summed E-state index contributed by atoms with van der Waals surface area (Å²) >= 11 is 0. The molecule has 7 nitrogen and oxygen atoms in total. The molecule has 2 aliphatic rings. The number of carbonyl (C=O) groups is 2. The third kappa shape index (κ3) is 4.65. The summed E-state index contributed by atoms with van der Waals surface area (Å²) in [6.45, 7) is 6.92. The van der Waals surface area contributed by atoms with Gasteiger partial charge in [-0.15, -0.1) is 0 Å². The molecule has 0 bridgehead atoms. The predicted octanol–water partition coefficient (Wildman–Crippen LogP) is -0.495. The average molecular weight is 326 g/mol. The summed E-state index contributed by atoms with van der Waals surface area (Å²) in [5, 5.41) is 0. The molecule has 0 aliphatic carbocycles. The van der Waals surface area contributed by atoms with E-state index >= 15 is 0 Å². The Bertz CT molecular complexity index is 400. The molecule has 132 valence electrons. The van der Waals surface area contributed by atoms with Crippen LogP contribution in [0.5, 0.6) is 0 Å². The zero-order valence-corrected chi connectivity index (χ0v) is 14.4. The summed E-state index contributed by atoms with van der Waals surface area (Å²) in [5.74, 6) is 0.310. The van der Waals surface area contributed by atoms with E-state index in [1.54, 1.807) is 7.11 Å². The fourth-order valence-corrected chi connectivity index (χ4v) is 3.30. The number of nitrogens with zero attached hydrogens (tertiary/aromatic N) is 3. The third-order valence-electron chi connectivity index (χ3n) is 4.99. The second-order valence-corrected chi connectivity index (χ2v) is 6.42. The maximum absolute atomic E-state index is 12.5. The van der Waals surface area contributed by atoms with Crippen molar-refractivity contribution in [2.45, 2.75) is 38.3 Å². The Hall–Kier alpha value is -1.18. The van der Waals surface area contributed by atoms with Gasteiger partial charge in [0, 0.05) is 52.9 Å². The van der Waals surface area contributed by atoms with Crippen LogP contribution >= 0.6 is 0 Å². The molecule has 0 aromatic carbocycles. The van der Waals surface area contributed by atoms with Gasteiger partial charge in [0.2, 0.25) is 11.8 Å². The smallest absolute Gasteiger partial charge is 0.239 e. The normalized spacial score (nSPS) is 22.2. The summed E-state index contributed by atoms with van der Waals surface area (Å²) in [6, 6.07) is -0.0962. The lowest BCUT2D eigenvalue weighted by molar-refractivity contribution is -0.138. The van der Waals surface area contributed by atoms with Crippen LogP contribution in [-0.2, 0) is 14.3 Å². The van der Waals surface area contributed by atoms with E-state index < -0.39 is 0 Å². The van der Waals surface area contributed by atoms with Gasteiger partial charge in [0.15, 0.2) is 0 Å². The Morgan fingerprint density at radius 3 is 2.17 bits per heavy atom. The highest BCUT2D eigenvalue weighted by Crippen LogP contribution is 2.14. The van der Waals surface area contributed by atoms with Crippen LogP contribution in [0.4, 0.5) is 0 Å². The number of hydrogen-bond acceptors (Lipinski definition) is 5. The Kier molecular flexibility index (Phi) is 6.80. The fraction of sp³-hybridized carbons (Fsp3) is 0.875. The fourth-order valence-electron chi connectivity index (χ4n) is 3.30. The molecule has 2 unspecified atom stereocenters. The predicted molar refractivity (Wildman–Crippen MR) is 87.9 cm³/mol. The number of likely N-dealkylation sites (tertiary alicyclic amines) is 1. The highest BCUT2D eigenvalue weighted by atomic mass is 16.5. The second-order valence-electron chi connectivity index (χ2n) is 6.42. The lowest BCUT2D eigenvalue weighted by Gasteiger charge is -2.38. The first-order valence-electron chi connectivity index (χ1n) is 8.60. The second kappa shape index (κ2) is 8.61. The van der Waals surface area contributed by atoms with E-state index in [2.05, 4.69) is 4.90 Å². The molecule has 23 heavy (non-hydrogen) atoms. The number of piperazine rings is 1. The zero-order chi connectivity index (χ0) is 16.8. The van der Waals surface area contributed by atoms with E-state index in [1.165, 1.54) is 0 Å². The van der Waals surface area contributed by atoms with Crippen molar-refractivity contribution in [2.75, 3.05) is 52.9 Å². The first kappa shape index (κ1) is 18.2. The van der Waals surface area contributed by atoms with Crippen LogP contribution in [0.1, 0.15) is 26.2 Å². The van der Waals surface area contributed by atoms with E-state index in [4.69, 9.17) is 10.5 Å². The number of hydrogen-bond donors (Lipinski definition) is 1. The van der Waals surface area contributed by atoms with Gasteiger partial charge in [0.05, 0.1) is 18.6 Å². The Balaban J connectivity index is 1.78. The number of ether oxygens (including phenoxy) is 1. The topological polar surface area (TPSA) is 79.1 Å². The van der Waals surface area contributed by atoms with E-state index in [0.29, 0.717) is 26.1 Å². The van der Waals surface area contributed by atoms with Gasteiger partial charge in [-0.1, -0.05) is 0 Å². The first-order chi connectivity index (χ1) is 11.1. The maximum atomic E-state index is 12.5. The molecule has 0 aromatic rings. The largest absolute Gasteiger partial charge is 0.380 e. The molecule has 0 radical (unpaired) electrons. The van der Waals surface area contributed by atoms with Crippen molar-refractivity contribution in [2.24, 2.45) is 5.73 Å². The van der Waals surface area contributed by atoms with E-state index in [9.17, 15) is 9.59 Å². The van der Waals surface area contributed by atoms with Crippen LogP contribution in [0.2, 0.25) is 0 Å². The quantitative estimate of drug-likeness (QED) is 0.712. The van der Waals surface area contributed by atoms with Gasteiger partial charge < -0.3 is 20.3 Å². The highest BCUT2D eigenvalue weighted by Gasteiger charge is 2.31. The molecule has 2 aliphatic heterocycles. The molecule has 2 atom stereocenters. The first-order valence-corrected chi connectivity index (χ1v) is 8.60. The Morgan fingerprint density at radius 1 is 1.04 bits per heavy atom. The maximum Gasteiger partial charge on any atom is 0.239 e. The number of methoxy groups -OCH3 is 1. The van der Waals surface area contributed by atoms with Crippen molar-refractivity contribution >= 4 is 11.8 Å². The molecular weight excluding hydrogens is 296 g/mol. The minimum Gasteiger partial charge on any atom is -0.380 e. The summed E-state index contributed by atoms with van der Waals surface area (Å²) < 4.78 is 5.18. The van der Waals surface area contributed by atoms with Gasteiger partial charge in [-0.05, 0) is 19.8 Å². The Labute approximate surface area is 138 Å². The molecule has 0 saturated carbocycles. The van der Waals surface area contributed by atoms with Gasteiger partial charge in [-0.3, -0.25) is 14.5 Å². The molecular formula is C16H30N4O3. The molecule has 2 rings (SSSR count). The molecule has 2 N–H and O–H groups in total. The van der Waals surface area contributed by atoms with Gasteiger partial charge in [0.25, 0.3) is 0 Å². The molecule has 0 spiro atoms. The molecule has 2 fully saturated rings. The monoisotopic (exact) mass is 326 g/mol.